The lowest BCUT2D eigenvalue weighted by Crippen LogP contribution is -2.46. The lowest BCUT2D eigenvalue weighted by Gasteiger charge is -2.19. The molecule has 2 amide bonds. The van der Waals surface area contributed by atoms with Gasteiger partial charge in [0.2, 0.25) is 11.8 Å². The van der Waals surface area contributed by atoms with Gasteiger partial charge in [0, 0.05) is 29.6 Å². The standard InChI is InChI=1S/C28H23F2N5O2/c1-17(32-24(36)15-18-13-20(29)16-21(30)14-18)28(37)34-26-27-31-11-12-35(27)23-10-6-5-9-22(23)25(33-26)19-7-3-2-4-8-19/h2-14,16-17,26H,15H2,1H3,(H,32,36)(H,34,37). The molecule has 0 radical (unpaired) electrons. The maximum absolute atomic E-state index is 13.5. The highest BCUT2D eigenvalue weighted by Gasteiger charge is 2.28. The molecule has 0 bridgehead atoms. The minimum absolute atomic E-state index is 0.170. The van der Waals surface area contributed by atoms with Crippen LogP contribution in [0.5, 0.6) is 0 Å². The summed E-state index contributed by atoms with van der Waals surface area (Å²) in [6.45, 7) is 1.53. The predicted molar refractivity (Wildman–Crippen MR) is 134 cm³/mol. The summed E-state index contributed by atoms with van der Waals surface area (Å²) in [5, 5.41) is 5.46. The van der Waals surface area contributed by atoms with Gasteiger partial charge in [0.15, 0.2) is 12.0 Å². The van der Waals surface area contributed by atoms with Gasteiger partial charge in [-0.25, -0.2) is 13.8 Å². The van der Waals surface area contributed by atoms with Gasteiger partial charge in [-0.2, -0.15) is 0 Å². The van der Waals surface area contributed by atoms with Crippen molar-refractivity contribution in [2.45, 2.75) is 25.6 Å². The van der Waals surface area contributed by atoms with Crippen molar-refractivity contribution >= 4 is 17.5 Å². The van der Waals surface area contributed by atoms with Crippen LogP contribution in [0.3, 0.4) is 0 Å². The van der Waals surface area contributed by atoms with Crippen LogP contribution in [0.4, 0.5) is 8.78 Å². The first-order valence-corrected chi connectivity index (χ1v) is 11.7. The van der Waals surface area contributed by atoms with Gasteiger partial charge < -0.3 is 10.6 Å². The summed E-state index contributed by atoms with van der Waals surface area (Å²) in [6.07, 6.45) is 2.34. The Bertz CT molecular complexity index is 1480. The number of rotatable bonds is 6. The quantitative estimate of drug-likeness (QED) is 0.422. The molecule has 2 atom stereocenters. The fourth-order valence-electron chi connectivity index (χ4n) is 4.30. The monoisotopic (exact) mass is 499 g/mol. The number of carbonyl (C=O) groups excluding carboxylic acids is 2. The van der Waals surface area contributed by atoms with E-state index in [2.05, 4.69) is 15.6 Å². The number of nitrogens with one attached hydrogen (secondary N) is 2. The van der Waals surface area contributed by atoms with Crippen LogP contribution in [0.1, 0.15) is 35.6 Å². The number of hydrogen-bond acceptors (Lipinski definition) is 4. The molecule has 0 spiro atoms. The number of carbonyl (C=O) groups is 2. The Labute approximate surface area is 211 Å². The summed E-state index contributed by atoms with van der Waals surface area (Å²) < 4.78 is 28.8. The minimum atomic E-state index is -0.935. The number of halogens is 2. The highest BCUT2D eigenvalue weighted by atomic mass is 19.1. The molecule has 2 unspecified atom stereocenters. The third-order valence-corrected chi connectivity index (χ3v) is 5.97. The zero-order valence-corrected chi connectivity index (χ0v) is 19.9. The number of benzene rings is 3. The van der Waals surface area contributed by atoms with Crippen LogP contribution >= 0.6 is 0 Å². The molecule has 1 aromatic heterocycles. The van der Waals surface area contributed by atoms with E-state index in [0.717, 1.165) is 35.0 Å². The zero-order valence-electron chi connectivity index (χ0n) is 19.9. The van der Waals surface area contributed by atoms with Gasteiger partial charge in [0.25, 0.3) is 0 Å². The molecule has 2 heterocycles. The third kappa shape index (κ3) is 5.16. The van der Waals surface area contributed by atoms with Crippen LogP contribution in [-0.4, -0.2) is 33.1 Å². The van der Waals surface area contributed by atoms with E-state index in [0.29, 0.717) is 11.5 Å². The smallest absolute Gasteiger partial charge is 0.244 e. The SMILES string of the molecule is CC(NC(=O)Cc1cc(F)cc(F)c1)C(=O)NC1N=C(c2ccccc2)c2ccccc2-n2ccnc21. The third-order valence-electron chi connectivity index (χ3n) is 5.97. The molecule has 0 aliphatic carbocycles. The van der Waals surface area contributed by atoms with E-state index in [1.165, 1.54) is 6.92 Å². The van der Waals surface area contributed by atoms with Gasteiger partial charge in [0.05, 0.1) is 17.8 Å². The molecule has 5 rings (SSSR count). The molecule has 7 nitrogen and oxygen atoms in total. The Hall–Kier alpha value is -4.66. The second kappa shape index (κ2) is 10.1. The number of nitrogens with zero attached hydrogens (tertiary/aromatic N) is 3. The number of fused-ring (bicyclic) bond motifs is 3. The van der Waals surface area contributed by atoms with E-state index in [4.69, 9.17) is 4.99 Å². The highest BCUT2D eigenvalue weighted by molar-refractivity contribution is 6.15. The summed E-state index contributed by atoms with van der Waals surface area (Å²) in [6, 6.07) is 19.4. The summed E-state index contributed by atoms with van der Waals surface area (Å²) in [7, 11) is 0. The maximum atomic E-state index is 13.5. The van der Waals surface area contributed by atoms with Crippen molar-refractivity contribution in [3.63, 3.8) is 0 Å². The van der Waals surface area contributed by atoms with Gasteiger partial charge in [0.1, 0.15) is 17.7 Å². The first-order valence-electron chi connectivity index (χ1n) is 11.7. The van der Waals surface area contributed by atoms with E-state index >= 15 is 0 Å². The molecule has 37 heavy (non-hydrogen) atoms. The van der Waals surface area contributed by atoms with Crippen molar-refractivity contribution in [3.05, 3.63) is 119 Å². The van der Waals surface area contributed by atoms with Crippen LogP contribution in [0.2, 0.25) is 0 Å². The molecule has 3 aromatic carbocycles. The van der Waals surface area contributed by atoms with E-state index in [-0.39, 0.29) is 12.0 Å². The minimum Gasteiger partial charge on any atom is -0.344 e. The normalized spacial score (nSPS) is 15.0. The van der Waals surface area contributed by atoms with Crippen molar-refractivity contribution in [2.75, 3.05) is 0 Å². The molecule has 1 aliphatic rings. The number of amides is 2. The van der Waals surface area contributed by atoms with Crippen LogP contribution in [0, 0.1) is 11.6 Å². The number of hydrogen-bond donors (Lipinski definition) is 2. The maximum Gasteiger partial charge on any atom is 0.244 e. The van der Waals surface area contributed by atoms with Gasteiger partial charge >= 0.3 is 0 Å². The topological polar surface area (TPSA) is 88.4 Å². The van der Waals surface area contributed by atoms with E-state index in [1.807, 2.05) is 59.2 Å². The summed E-state index contributed by atoms with van der Waals surface area (Å²) in [5.41, 5.74) is 3.50. The lowest BCUT2D eigenvalue weighted by molar-refractivity contribution is -0.128. The number of aliphatic imine (C=N–C) groups is 1. The van der Waals surface area contributed by atoms with Gasteiger partial charge in [-0.1, -0.05) is 48.5 Å². The Balaban J connectivity index is 1.39. The van der Waals surface area contributed by atoms with Crippen molar-refractivity contribution in [1.29, 1.82) is 0 Å². The molecule has 2 N–H and O–H groups in total. The van der Waals surface area contributed by atoms with Crippen molar-refractivity contribution in [3.8, 4) is 5.69 Å². The average Bonchev–Trinajstić information content (AvgIpc) is 3.31. The summed E-state index contributed by atoms with van der Waals surface area (Å²) in [4.78, 5) is 34.9. The molecule has 0 fully saturated rings. The van der Waals surface area contributed by atoms with Crippen LogP contribution in [0.25, 0.3) is 5.69 Å². The Kier molecular flexibility index (Phi) is 6.59. The lowest BCUT2D eigenvalue weighted by atomic mass is 10.0. The first-order chi connectivity index (χ1) is 17.9. The number of imidazole rings is 1. The molecule has 9 heteroatoms. The molecule has 0 saturated heterocycles. The van der Waals surface area contributed by atoms with E-state index in [9.17, 15) is 18.4 Å². The van der Waals surface area contributed by atoms with Crippen LogP contribution in [-0.2, 0) is 16.0 Å². The molecule has 1 aliphatic heterocycles. The molecular weight excluding hydrogens is 476 g/mol. The van der Waals surface area contributed by atoms with Gasteiger partial charge in [-0.05, 0) is 30.7 Å². The van der Waals surface area contributed by atoms with E-state index < -0.39 is 35.7 Å². The van der Waals surface area contributed by atoms with Crippen molar-refractivity contribution in [1.82, 2.24) is 20.2 Å². The molecular formula is C28H23F2N5O2. The number of para-hydroxylation sites is 1. The van der Waals surface area contributed by atoms with Gasteiger partial charge in [-0.3, -0.25) is 19.1 Å². The second-order valence-electron chi connectivity index (χ2n) is 8.67. The molecule has 186 valence electrons. The first kappa shape index (κ1) is 24.1. The van der Waals surface area contributed by atoms with Gasteiger partial charge in [-0.15, -0.1) is 0 Å². The Morgan fingerprint density at radius 2 is 1.70 bits per heavy atom. The Morgan fingerprint density at radius 1 is 1.00 bits per heavy atom. The van der Waals surface area contributed by atoms with Crippen molar-refractivity contribution < 1.29 is 18.4 Å². The summed E-state index contributed by atoms with van der Waals surface area (Å²) in [5.74, 6) is -2.06. The number of aromatic nitrogens is 2. The highest BCUT2D eigenvalue weighted by Crippen LogP contribution is 2.28. The zero-order chi connectivity index (χ0) is 25.9. The Morgan fingerprint density at radius 3 is 2.46 bits per heavy atom. The summed E-state index contributed by atoms with van der Waals surface area (Å²) >= 11 is 0. The largest absolute Gasteiger partial charge is 0.344 e. The second-order valence-corrected chi connectivity index (χ2v) is 8.67. The fourth-order valence-corrected chi connectivity index (χ4v) is 4.30. The van der Waals surface area contributed by atoms with E-state index in [1.54, 1.807) is 12.4 Å². The average molecular weight is 500 g/mol. The predicted octanol–water partition coefficient (Wildman–Crippen LogP) is 3.86. The molecule has 0 saturated carbocycles. The van der Waals surface area contributed by atoms with Crippen LogP contribution < -0.4 is 10.6 Å². The fraction of sp³-hybridized carbons (Fsp3) is 0.143. The van der Waals surface area contributed by atoms with Crippen molar-refractivity contribution in [2.24, 2.45) is 4.99 Å². The van der Waals surface area contributed by atoms with Crippen LogP contribution in [0.15, 0.2) is 90.2 Å². The molecule has 4 aromatic rings.